The van der Waals surface area contributed by atoms with Crippen molar-refractivity contribution >= 4 is 22.8 Å². The van der Waals surface area contributed by atoms with Gasteiger partial charge in [0, 0.05) is 11.5 Å². The number of nitrogens with one attached hydrogen (secondary N) is 1. The van der Waals surface area contributed by atoms with Crippen molar-refractivity contribution in [3.8, 4) is 5.75 Å². The van der Waals surface area contributed by atoms with E-state index < -0.39 is 18.4 Å². The number of pyridine rings is 1. The number of hydrogen-bond donors (Lipinski definition) is 2. The molecule has 0 bridgehead atoms. The number of aliphatic carboxylic acids is 1. The van der Waals surface area contributed by atoms with E-state index in [1.165, 1.54) is 0 Å². The van der Waals surface area contributed by atoms with E-state index in [0.717, 1.165) is 10.9 Å². The Morgan fingerprint density at radius 3 is 2.75 bits per heavy atom. The molecule has 0 atom stereocenters. The van der Waals surface area contributed by atoms with E-state index in [9.17, 15) is 9.59 Å². The molecule has 2 rings (SSSR count). The molecule has 20 heavy (non-hydrogen) atoms. The van der Waals surface area contributed by atoms with Gasteiger partial charge >= 0.3 is 5.97 Å². The Kier molecular flexibility index (Phi) is 3.84. The summed E-state index contributed by atoms with van der Waals surface area (Å²) in [6, 6.07) is 7.04. The van der Waals surface area contributed by atoms with E-state index in [-0.39, 0.29) is 0 Å². The molecule has 1 aromatic carbocycles. The molecule has 1 aromatic heterocycles. The number of aryl methyl sites for hydroxylation is 1. The van der Waals surface area contributed by atoms with Crippen molar-refractivity contribution in [2.75, 3.05) is 13.7 Å². The largest absolute Gasteiger partial charge is 0.497 e. The highest BCUT2D eigenvalue weighted by atomic mass is 16.5. The summed E-state index contributed by atoms with van der Waals surface area (Å²) in [6.07, 6.45) is 0. The number of rotatable bonds is 4. The maximum absolute atomic E-state index is 11.9. The van der Waals surface area contributed by atoms with E-state index in [1.54, 1.807) is 38.3 Å². The molecule has 6 heteroatoms. The molecule has 0 radical (unpaired) electrons. The molecule has 0 saturated carbocycles. The average Bonchev–Trinajstić information content (AvgIpc) is 2.43. The molecule has 0 aliphatic rings. The zero-order valence-corrected chi connectivity index (χ0v) is 11.1. The van der Waals surface area contributed by atoms with Gasteiger partial charge in [0.05, 0.1) is 23.9 Å². The quantitative estimate of drug-likeness (QED) is 0.879. The number of amides is 1. The molecule has 104 valence electrons. The molecule has 1 heterocycles. The molecule has 0 aliphatic carbocycles. The number of methoxy groups -OCH3 is 1. The fraction of sp³-hybridized carbons (Fsp3) is 0.214. The van der Waals surface area contributed by atoms with Crippen LogP contribution in [0.3, 0.4) is 0 Å². The number of aromatic nitrogens is 1. The van der Waals surface area contributed by atoms with Crippen LogP contribution in [0.4, 0.5) is 0 Å². The van der Waals surface area contributed by atoms with Gasteiger partial charge < -0.3 is 15.2 Å². The molecular weight excluding hydrogens is 260 g/mol. The Labute approximate surface area is 115 Å². The lowest BCUT2D eigenvalue weighted by molar-refractivity contribution is -0.135. The van der Waals surface area contributed by atoms with E-state index in [4.69, 9.17) is 9.84 Å². The van der Waals surface area contributed by atoms with Crippen LogP contribution in [0.25, 0.3) is 10.9 Å². The third kappa shape index (κ3) is 2.85. The Balaban J connectivity index is 2.37. The van der Waals surface area contributed by atoms with Crippen LogP contribution in [0.5, 0.6) is 5.75 Å². The van der Waals surface area contributed by atoms with E-state index >= 15 is 0 Å². The molecule has 0 spiro atoms. The summed E-state index contributed by atoms with van der Waals surface area (Å²) in [5, 5.41) is 11.7. The van der Waals surface area contributed by atoms with Crippen LogP contribution in [0.2, 0.25) is 0 Å². The second-order valence-electron chi connectivity index (χ2n) is 4.26. The second kappa shape index (κ2) is 5.56. The topological polar surface area (TPSA) is 88.5 Å². The monoisotopic (exact) mass is 274 g/mol. The first kappa shape index (κ1) is 13.8. The maximum atomic E-state index is 11.9. The third-order valence-electron chi connectivity index (χ3n) is 2.86. The number of carboxylic acids is 1. The zero-order valence-electron chi connectivity index (χ0n) is 11.1. The number of ether oxygens (including phenoxy) is 1. The number of nitrogens with zero attached hydrogens (tertiary/aromatic N) is 1. The van der Waals surface area contributed by atoms with Gasteiger partial charge in [-0.1, -0.05) is 0 Å². The molecule has 0 aliphatic heterocycles. The summed E-state index contributed by atoms with van der Waals surface area (Å²) >= 11 is 0. The van der Waals surface area contributed by atoms with Crippen LogP contribution >= 0.6 is 0 Å². The summed E-state index contributed by atoms with van der Waals surface area (Å²) in [5.41, 5.74) is 1.62. The Morgan fingerprint density at radius 1 is 1.35 bits per heavy atom. The van der Waals surface area contributed by atoms with Crippen LogP contribution < -0.4 is 10.1 Å². The average molecular weight is 274 g/mol. The number of benzene rings is 1. The minimum Gasteiger partial charge on any atom is -0.497 e. The van der Waals surface area contributed by atoms with E-state index in [1.807, 2.05) is 0 Å². The minimum atomic E-state index is -1.09. The molecule has 6 nitrogen and oxygen atoms in total. The van der Waals surface area contributed by atoms with Gasteiger partial charge in [-0.3, -0.25) is 14.6 Å². The third-order valence-corrected chi connectivity index (χ3v) is 2.86. The van der Waals surface area contributed by atoms with Crippen LogP contribution in [0.1, 0.15) is 16.1 Å². The lowest BCUT2D eigenvalue weighted by Crippen LogP contribution is -2.29. The number of fused-ring (bicyclic) bond motifs is 1. The van der Waals surface area contributed by atoms with Gasteiger partial charge in [-0.2, -0.15) is 0 Å². The molecular formula is C14H14N2O4. The Bertz CT molecular complexity index is 682. The van der Waals surface area contributed by atoms with Crippen molar-refractivity contribution in [2.45, 2.75) is 6.92 Å². The highest BCUT2D eigenvalue weighted by Gasteiger charge is 2.12. The standard InChI is InChI=1S/C14H14N2O4/c1-8-11(14(19)15-7-13(17)18)5-9-3-4-10(20-2)6-12(9)16-8/h3-6H,7H2,1-2H3,(H,15,19)(H,17,18). The normalized spacial score (nSPS) is 10.3. The summed E-state index contributed by atoms with van der Waals surface area (Å²) < 4.78 is 5.12. The highest BCUT2D eigenvalue weighted by Crippen LogP contribution is 2.21. The predicted octanol–water partition coefficient (Wildman–Crippen LogP) is 1.37. The van der Waals surface area contributed by atoms with E-state index in [2.05, 4.69) is 10.3 Å². The highest BCUT2D eigenvalue weighted by molar-refractivity contribution is 5.99. The summed E-state index contributed by atoms with van der Waals surface area (Å²) in [6.45, 7) is 1.29. The minimum absolute atomic E-state index is 0.365. The SMILES string of the molecule is COc1ccc2cc(C(=O)NCC(=O)O)c(C)nc2c1. The number of carboxylic acid groups (broad SMARTS) is 1. The fourth-order valence-electron chi connectivity index (χ4n) is 1.85. The predicted molar refractivity (Wildman–Crippen MR) is 73.0 cm³/mol. The van der Waals surface area contributed by atoms with Gasteiger partial charge in [0.2, 0.25) is 0 Å². The van der Waals surface area contributed by atoms with Gasteiger partial charge in [0.15, 0.2) is 0 Å². The Morgan fingerprint density at radius 2 is 2.10 bits per heavy atom. The van der Waals surface area contributed by atoms with Crippen molar-refractivity contribution in [1.29, 1.82) is 0 Å². The molecule has 1 amide bonds. The van der Waals surface area contributed by atoms with Gasteiger partial charge in [0.1, 0.15) is 12.3 Å². The Hall–Kier alpha value is -2.63. The van der Waals surface area contributed by atoms with Crippen LogP contribution in [0.15, 0.2) is 24.3 Å². The van der Waals surface area contributed by atoms with Crippen molar-refractivity contribution in [1.82, 2.24) is 10.3 Å². The molecule has 0 unspecified atom stereocenters. The van der Waals surface area contributed by atoms with Crippen molar-refractivity contribution in [2.24, 2.45) is 0 Å². The zero-order chi connectivity index (χ0) is 14.7. The fourth-order valence-corrected chi connectivity index (χ4v) is 1.85. The number of carbonyl (C=O) groups excluding carboxylic acids is 1. The second-order valence-corrected chi connectivity index (χ2v) is 4.26. The summed E-state index contributed by atoms with van der Waals surface area (Å²) in [4.78, 5) is 26.7. The van der Waals surface area contributed by atoms with Crippen LogP contribution in [-0.2, 0) is 4.79 Å². The van der Waals surface area contributed by atoms with Crippen molar-refractivity contribution < 1.29 is 19.4 Å². The van der Waals surface area contributed by atoms with Gasteiger partial charge in [-0.25, -0.2) is 0 Å². The summed E-state index contributed by atoms with van der Waals surface area (Å²) in [5.74, 6) is -0.850. The van der Waals surface area contributed by atoms with Crippen LogP contribution in [0, 0.1) is 6.92 Å². The lowest BCUT2D eigenvalue weighted by Gasteiger charge is -2.08. The summed E-state index contributed by atoms with van der Waals surface area (Å²) in [7, 11) is 1.57. The molecule has 0 saturated heterocycles. The number of hydrogen-bond acceptors (Lipinski definition) is 4. The first-order valence-electron chi connectivity index (χ1n) is 5.96. The lowest BCUT2D eigenvalue weighted by atomic mass is 10.1. The first-order chi connectivity index (χ1) is 9.51. The van der Waals surface area contributed by atoms with E-state index in [0.29, 0.717) is 17.0 Å². The molecule has 2 aromatic rings. The van der Waals surface area contributed by atoms with Crippen LogP contribution in [-0.4, -0.2) is 35.6 Å². The molecule has 2 N–H and O–H groups in total. The first-order valence-corrected chi connectivity index (χ1v) is 5.96. The maximum Gasteiger partial charge on any atom is 0.322 e. The van der Waals surface area contributed by atoms with Gasteiger partial charge in [0.25, 0.3) is 5.91 Å². The van der Waals surface area contributed by atoms with Crippen molar-refractivity contribution in [3.05, 3.63) is 35.5 Å². The molecule has 0 fully saturated rings. The number of carbonyl (C=O) groups is 2. The van der Waals surface area contributed by atoms with Crippen molar-refractivity contribution in [3.63, 3.8) is 0 Å². The van der Waals surface area contributed by atoms with Gasteiger partial charge in [-0.15, -0.1) is 0 Å². The van der Waals surface area contributed by atoms with Gasteiger partial charge in [-0.05, 0) is 25.1 Å². The smallest absolute Gasteiger partial charge is 0.322 e.